The quantitative estimate of drug-likeness (QED) is 0.382. The van der Waals surface area contributed by atoms with E-state index < -0.39 is 17.8 Å². The lowest BCUT2D eigenvalue weighted by Gasteiger charge is -2.26. The number of carbonyl (C=O) groups is 3. The molecule has 2 aromatic heterocycles. The van der Waals surface area contributed by atoms with Gasteiger partial charge in [-0.25, -0.2) is 9.69 Å². The van der Waals surface area contributed by atoms with Crippen LogP contribution in [0, 0.1) is 25.2 Å². The van der Waals surface area contributed by atoms with Gasteiger partial charge in [-0.15, -0.1) is 11.3 Å². The van der Waals surface area contributed by atoms with E-state index in [0.717, 1.165) is 52.5 Å². The molecule has 1 aliphatic heterocycles. The van der Waals surface area contributed by atoms with Crippen LogP contribution in [0.25, 0.3) is 11.1 Å². The topological polar surface area (TPSA) is 104 Å². The number of imide groups is 2. The molecule has 3 aromatic rings. The zero-order valence-corrected chi connectivity index (χ0v) is 21.7. The number of thiophene rings is 1. The highest BCUT2D eigenvalue weighted by Gasteiger charge is 2.37. The smallest absolute Gasteiger partial charge is 0.335 e. The van der Waals surface area contributed by atoms with E-state index in [9.17, 15) is 19.6 Å². The molecular weight excluding hydrogens is 488 g/mol. The number of aryl methyl sites for hydroxylation is 2. The molecule has 1 saturated heterocycles. The number of barbiturate groups is 1. The van der Waals surface area contributed by atoms with Crippen LogP contribution in [0.5, 0.6) is 5.75 Å². The van der Waals surface area contributed by atoms with E-state index in [-0.39, 0.29) is 5.57 Å². The van der Waals surface area contributed by atoms with Gasteiger partial charge in [0.25, 0.3) is 11.8 Å². The van der Waals surface area contributed by atoms with Crippen molar-refractivity contribution in [3.63, 3.8) is 0 Å². The Morgan fingerprint density at radius 1 is 1.16 bits per heavy atom. The van der Waals surface area contributed by atoms with Crippen molar-refractivity contribution >= 4 is 40.9 Å². The molecule has 0 bridgehead atoms. The Kier molecular flexibility index (Phi) is 6.44. The molecule has 0 spiro atoms. The molecule has 9 heteroatoms. The number of anilines is 1. The van der Waals surface area contributed by atoms with Gasteiger partial charge in [0.05, 0.1) is 17.9 Å². The zero-order chi connectivity index (χ0) is 26.3. The number of hydrogen-bond acceptors (Lipinski definition) is 6. The maximum atomic E-state index is 13.4. The number of nitrogens with zero attached hydrogens (tertiary/aromatic N) is 3. The number of nitriles is 1. The van der Waals surface area contributed by atoms with E-state index in [4.69, 9.17) is 4.74 Å². The second kappa shape index (κ2) is 9.71. The van der Waals surface area contributed by atoms with E-state index in [2.05, 4.69) is 11.4 Å². The monoisotopic (exact) mass is 514 g/mol. The molecule has 188 valence electrons. The fourth-order valence-electron chi connectivity index (χ4n) is 5.00. The van der Waals surface area contributed by atoms with Crippen LogP contribution < -0.4 is 15.0 Å². The lowest BCUT2D eigenvalue weighted by atomic mass is 9.96. The van der Waals surface area contributed by atoms with Crippen molar-refractivity contribution in [1.82, 2.24) is 9.88 Å². The van der Waals surface area contributed by atoms with Gasteiger partial charge in [-0.3, -0.25) is 14.9 Å². The lowest BCUT2D eigenvalue weighted by molar-refractivity contribution is -0.122. The summed E-state index contributed by atoms with van der Waals surface area (Å²) in [7, 11) is 0. The number of rotatable bonds is 5. The number of nitrogens with one attached hydrogen (secondary N) is 1. The minimum atomic E-state index is -0.811. The fourth-order valence-corrected chi connectivity index (χ4v) is 6.45. The highest BCUT2D eigenvalue weighted by atomic mass is 32.1. The molecule has 1 fully saturated rings. The van der Waals surface area contributed by atoms with E-state index in [1.807, 2.05) is 31.4 Å². The number of urea groups is 1. The third kappa shape index (κ3) is 4.23. The average molecular weight is 515 g/mol. The van der Waals surface area contributed by atoms with Gasteiger partial charge in [-0.1, -0.05) is 6.07 Å². The Labute approximate surface area is 218 Å². The molecule has 2 aliphatic rings. The summed E-state index contributed by atoms with van der Waals surface area (Å²) in [5, 5.41) is 13.1. The molecule has 0 saturated carbocycles. The van der Waals surface area contributed by atoms with Gasteiger partial charge in [-0.05, 0) is 81.9 Å². The molecule has 4 amide bonds. The summed E-state index contributed by atoms with van der Waals surface area (Å²) >= 11 is 1.64. The third-order valence-corrected chi connectivity index (χ3v) is 8.00. The summed E-state index contributed by atoms with van der Waals surface area (Å²) in [6.45, 7) is 6.11. The normalized spacial score (nSPS) is 16.5. The zero-order valence-electron chi connectivity index (χ0n) is 20.9. The minimum absolute atomic E-state index is 0.146. The highest BCUT2D eigenvalue weighted by molar-refractivity contribution is 7.15. The van der Waals surface area contributed by atoms with Crippen LogP contribution in [0.3, 0.4) is 0 Å². The predicted octanol–water partition coefficient (Wildman–Crippen LogP) is 4.97. The number of amides is 4. The van der Waals surface area contributed by atoms with Crippen LogP contribution in [0.1, 0.15) is 52.7 Å². The second-order valence-electron chi connectivity index (χ2n) is 9.05. The van der Waals surface area contributed by atoms with Crippen molar-refractivity contribution in [3.05, 3.63) is 68.9 Å². The molecule has 1 N–H and O–H groups in total. The fraction of sp³-hybridized carbons (Fsp3) is 0.286. The van der Waals surface area contributed by atoms with Crippen LogP contribution in [0.4, 0.5) is 10.5 Å². The maximum absolute atomic E-state index is 13.4. The number of ether oxygens (including phenoxy) is 1. The first-order valence-corrected chi connectivity index (χ1v) is 13.0. The van der Waals surface area contributed by atoms with E-state index in [0.29, 0.717) is 29.2 Å². The van der Waals surface area contributed by atoms with Gasteiger partial charge >= 0.3 is 6.03 Å². The minimum Gasteiger partial charge on any atom is -0.494 e. The van der Waals surface area contributed by atoms with Crippen LogP contribution in [0.15, 0.2) is 35.9 Å². The molecule has 0 unspecified atom stereocenters. The largest absolute Gasteiger partial charge is 0.494 e. The highest BCUT2D eigenvalue weighted by Crippen LogP contribution is 2.38. The van der Waals surface area contributed by atoms with Crippen LogP contribution >= 0.6 is 11.3 Å². The van der Waals surface area contributed by atoms with Crippen LogP contribution in [-0.2, 0) is 22.4 Å². The maximum Gasteiger partial charge on any atom is 0.335 e. The first-order chi connectivity index (χ1) is 17.8. The van der Waals surface area contributed by atoms with Crippen LogP contribution in [-0.4, -0.2) is 29.0 Å². The number of hydrogen-bond donors (Lipinski definition) is 1. The second-order valence-corrected chi connectivity index (χ2v) is 10.1. The summed E-state index contributed by atoms with van der Waals surface area (Å²) in [6, 6.07) is 10.1. The number of fused-ring (bicyclic) bond motifs is 1. The predicted molar refractivity (Wildman–Crippen MR) is 141 cm³/mol. The lowest BCUT2D eigenvalue weighted by Crippen LogP contribution is -2.54. The summed E-state index contributed by atoms with van der Waals surface area (Å²) in [5.41, 5.74) is 4.38. The SMILES string of the molecule is CCOc1cccc(N2C(=O)NC(=O)/C(=C/c3cc(C)n(-c4sc5c(c4C#N)CCCC5)c3C)C2=O)c1. The number of benzene rings is 1. The summed E-state index contributed by atoms with van der Waals surface area (Å²) in [6.07, 6.45) is 5.61. The Bertz CT molecular complexity index is 1520. The van der Waals surface area contributed by atoms with Crippen molar-refractivity contribution in [2.24, 2.45) is 0 Å². The van der Waals surface area contributed by atoms with Gasteiger partial charge in [-0.2, -0.15) is 5.26 Å². The van der Waals surface area contributed by atoms with Crippen molar-refractivity contribution in [1.29, 1.82) is 5.26 Å². The number of aromatic nitrogens is 1. The van der Waals surface area contributed by atoms with E-state index >= 15 is 0 Å². The van der Waals surface area contributed by atoms with Crippen molar-refractivity contribution in [3.8, 4) is 16.8 Å². The molecule has 1 aliphatic carbocycles. The van der Waals surface area contributed by atoms with E-state index in [1.165, 1.54) is 11.0 Å². The number of carbonyl (C=O) groups excluding carboxylic acids is 3. The van der Waals surface area contributed by atoms with Gasteiger partial charge in [0.2, 0.25) is 0 Å². The van der Waals surface area contributed by atoms with Crippen molar-refractivity contribution in [2.75, 3.05) is 11.5 Å². The molecule has 1 aromatic carbocycles. The standard InChI is InChI=1S/C28H26N4O4S/c1-4-36-20-9-7-8-19(14-20)32-26(34)22(25(33)30-28(32)35)13-18-12-16(2)31(17(18)3)27-23(15-29)21-10-5-6-11-24(21)37-27/h7-9,12-14H,4-6,10-11H2,1-3H3,(H,30,33,35)/b22-13-. The Morgan fingerprint density at radius 2 is 1.95 bits per heavy atom. The van der Waals surface area contributed by atoms with Gasteiger partial charge in [0.1, 0.15) is 22.4 Å². The van der Waals surface area contributed by atoms with E-state index in [1.54, 1.807) is 35.6 Å². The van der Waals surface area contributed by atoms with Crippen LogP contribution in [0.2, 0.25) is 0 Å². The van der Waals surface area contributed by atoms with Gasteiger partial charge in [0, 0.05) is 22.3 Å². The Hall–Kier alpha value is -4.16. The summed E-state index contributed by atoms with van der Waals surface area (Å²) < 4.78 is 7.52. The summed E-state index contributed by atoms with van der Waals surface area (Å²) in [5.74, 6) is -0.948. The molecule has 37 heavy (non-hydrogen) atoms. The van der Waals surface area contributed by atoms with Crippen molar-refractivity contribution < 1.29 is 19.1 Å². The Morgan fingerprint density at radius 3 is 2.70 bits per heavy atom. The van der Waals surface area contributed by atoms with Crippen molar-refractivity contribution in [2.45, 2.75) is 46.5 Å². The molecule has 3 heterocycles. The first kappa shape index (κ1) is 24.5. The van der Waals surface area contributed by atoms with Gasteiger partial charge in [0.15, 0.2) is 0 Å². The summed E-state index contributed by atoms with van der Waals surface area (Å²) in [4.78, 5) is 41.0. The average Bonchev–Trinajstić information content (AvgIpc) is 3.37. The molecule has 5 rings (SSSR count). The van der Waals surface area contributed by atoms with Gasteiger partial charge < -0.3 is 9.30 Å². The first-order valence-electron chi connectivity index (χ1n) is 12.2. The molecule has 8 nitrogen and oxygen atoms in total. The molecule has 0 atom stereocenters. The Balaban J connectivity index is 1.55. The molecule has 0 radical (unpaired) electrons. The third-order valence-electron chi connectivity index (χ3n) is 6.73. The molecular formula is C28H26N4O4S.